The number of hydrogen-bond acceptors (Lipinski definition) is 5. The van der Waals surface area contributed by atoms with Crippen molar-refractivity contribution in [3.05, 3.63) is 94.1 Å². The number of amides is 1. The monoisotopic (exact) mass is 492 g/mol. The molecule has 0 bridgehead atoms. The Morgan fingerprint density at radius 3 is 2.40 bits per heavy atom. The van der Waals surface area contributed by atoms with E-state index >= 15 is 0 Å². The molecule has 6 nitrogen and oxygen atoms in total. The Hall–Kier alpha value is -3.84. The summed E-state index contributed by atoms with van der Waals surface area (Å²) in [6.07, 6.45) is 0. The molecule has 0 aliphatic carbocycles. The number of halogens is 2. The zero-order valence-electron chi connectivity index (χ0n) is 18.7. The van der Waals surface area contributed by atoms with E-state index in [1.807, 2.05) is 30.3 Å². The average molecular weight is 493 g/mol. The van der Waals surface area contributed by atoms with E-state index < -0.39 is 5.63 Å². The van der Waals surface area contributed by atoms with Crippen LogP contribution in [0.25, 0.3) is 22.1 Å². The summed E-state index contributed by atoms with van der Waals surface area (Å²) in [5.74, 6) is -0.173. The lowest BCUT2D eigenvalue weighted by Crippen LogP contribution is -2.50. The van der Waals surface area contributed by atoms with Crippen LogP contribution in [0.2, 0.25) is 5.02 Å². The number of nitrogens with zero attached hydrogens (tertiary/aromatic N) is 2. The van der Waals surface area contributed by atoms with Crippen molar-refractivity contribution in [3.8, 4) is 16.9 Å². The lowest BCUT2D eigenvalue weighted by molar-refractivity contribution is -0.133. The van der Waals surface area contributed by atoms with E-state index in [-0.39, 0.29) is 24.1 Å². The van der Waals surface area contributed by atoms with Crippen molar-refractivity contribution in [1.82, 2.24) is 4.90 Å². The molecule has 1 amide bonds. The number of anilines is 1. The molecule has 0 saturated carbocycles. The molecule has 0 atom stereocenters. The van der Waals surface area contributed by atoms with Gasteiger partial charge >= 0.3 is 5.63 Å². The van der Waals surface area contributed by atoms with Crippen molar-refractivity contribution in [3.63, 3.8) is 0 Å². The van der Waals surface area contributed by atoms with Gasteiger partial charge in [-0.25, -0.2) is 9.18 Å². The number of fused-ring (bicyclic) bond motifs is 1. The first-order chi connectivity index (χ1) is 17.0. The Labute approximate surface area is 206 Å². The van der Waals surface area contributed by atoms with Crippen molar-refractivity contribution >= 4 is 34.2 Å². The molecule has 1 aromatic heterocycles. The van der Waals surface area contributed by atoms with Gasteiger partial charge in [0.1, 0.15) is 17.1 Å². The van der Waals surface area contributed by atoms with Gasteiger partial charge in [-0.05, 0) is 41.5 Å². The van der Waals surface area contributed by atoms with Gasteiger partial charge in [-0.3, -0.25) is 4.79 Å². The SMILES string of the molecule is O=C(COc1cc2oc(=O)cc(-c3ccccc3)c2cc1Cl)N1CCN(c2ccc(F)cc2)CC1. The minimum absolute atomic E-state index is 0.167. The largest absolute Gasteiger partial charge is 0.482 e. The average Bonchev–Trinajstić information content (AvgIpc) is 2.88. The van der Waals surface area contributed by atoms with Crippen LogP contribution in [-0.4, -0.2) is 43.6 Å². The Morgan fingerprint density at radius 1 is 0.971 bits per heavy atom. The summed E-state index contributed by atoms with van der Waals surface area (Å²) in [5.41, 5.74) is 2.34. The maximum Gasteiger partial charge on any atom is 0.336 e. The maximum atomic E-state index is 13.2. The topological polar surface area (TPSA) is 63.0 Å². The van der Waals surface area contributed by atoms with E-state index in [9.17, 15) is 14.0 Å². The molecule has 0 unspecified atom stereocenters. The highest BCUT2D eigenvalue weighted by Crippen LogP contribution is 2.34. The second-order valence-electron chi connectivity index (χ2n) is 8.26. The summed E-state index contributed by atoms with van der Waals surface area (Å²) < 4.78 is 24.3. The quantitative estimate of drug-likeness (QED) is 0.368. The molecule has 2 heterocycles. The maximum absolute atomic E-state index is 13.2. The van der Waals surface area contributed by atoms with Crippen molar-refractivity contribution < 1.29 is 18.3 Å². The van der Waals surface area contributed by atoms with E-state index in [1.54, 1.807) is 29.2 Å². The molecule has 5 rings (SSSR count). The number of hydrogen-bond donors (Lipinski definition) is 0. The summed E-state index contributed by atoms with van der Waals surface area (Å²) >= 11 is 6.47. The molecular weight excluding hydrogens is 471 g/mol. The van der Waals surface area contributed by atoms with Crippen molar-refractivity contribution in [2.75, 3.05) is 37.7 Å². The molecule has 8 heteroatoms. The predicted octanol–water partition coefficient (Wildman–Crippen LogP) is 4.98. The van der Waals surface area contributed by atoms with Gasteiger partial charge in [-0.2, -0.15) is 0 Å². The number of carbonyl (C=O) groups is 1. The van der Waals surface area contributed by atoms with Crippen molar-refractivity contribution in [2.24, 2.45) is 0 Å². The molecule has 1 saturated heterocycles. The first-order valence-electron chi connectivity index (χ1n) is 11.2. The van der Waals surface area contributed by atoms with Crippen LogP contribution in [0.4, 0.5) is 10.1 Å². The molecule has 4 aromatic rings. The van der Waals surface area contributed by atoms with Crippen LogP contribution >= 0.6 is 11.6 Å². The zero-order chi connectivity index (χ0) is 24.4. The van der Waals surface area contributed by atoms with Gasteiger partial charge in [0, 0.05) is 49.4 Å². The lowest BCUT2D eigenvalue weighted by atomic mass is 10.0. The first kappa shape index (κ1) is 22.9. The fraction of sp³-hybridized carbons (Fsp3) is 0.185. The van der Waals surface area contributed by atoms with E-state index in [0.29, 0.717) is 47.7 Å². The Morgan fingerprint density at radius 2 is 1.69 bits per heavy atom. The molecule has 0 spiro atoms. The Bertz CT molecular complexity index is 1420. The van der Waals surface area contributed by atoms with Crippen LogP contribution < -0.4 is 15.3 Å². The van der Waals surface area contributed by atoms with Gasteiger partial charge in [0.25, 0.3) is 5.91 Å². The van der Waals surface area contributed by atoms with E-state index in [2.05, 4.69) is 4.90 Å². The summed E-state index contributed by atoms with van der Waals surface area (Å²) in [7, 11) is 0. The second kappa shape index (κ2) is 9.80. The molecule has 1 aliphatic heterocycles. The fourth-order valence-corrected chi connectivity index (χ4v) is 4.45. The summed E-state index contributed by atoms with van der Waals surface area (Å²) in [5, 5.41) is 0.994. The lowest BCUT2D eigenvalue weighted by Gasteiger charge is -2.36. The molecule has 178 valence electrons. The van der Waals surface area contributed by atoms with Gasteiger partial charge in [0.05, 0.1) is 5.02 Å². The summed E-state index contributed by atoms with van der Waals surface area (Å²) in [6.45, 7) is 2.15. The van der Waals surface area contributed by atoms with E-state index in [1.165, 1.54) is 18.2 Å². The number of ether oxygens (including phenoxy) is 1. The van der Waals surface area contributed by atoms with Gasteiger partial charge in [-0.1, -0.05) is 41.9 Å². The molecule has 0 radical (unpaired) electrons. The van der Waals surface area contributed by atoms with Gasteiger partial charge in [-0.15, -0.1) is 0 Å². The van der Waals surface area contributed by atoms with Crippen molar-refractivity contribution in [1.29, 1.82) is 0 Å². The summed E-state index contributed by atoms with van der Waals surface area (Å²) in [4.78, 5) is 28.7. The van der Waals surface area contributed by atoms with E-state index in [4.69, 9.17) is 20.8 Å². The fourth-order valence-electron chi connectivity index (χ4n) is 4.23. The second-order valence-corrected chi connectivity index (χ2v) is 8.66. The Balaban J connectivity index is 1.27. The first-order valence-corrected chi connectivity index (χ1v) is 11.6. The number of rotatable bonds is 5. The molecule has 1 aliphatic rings. The standard InChI is InChI=1S/C27H22ClFN2O4/c28-23-14-22-21(18-4-2-1-3-5-18)15-27(33)35-24(22)16-25(23)34-17-26(32)31-12-10-30(11-13-31)20-8-6-19(29)7-9-20/h1-9,14-16H,10-13,17H2. The number of piperazine rings is 1. The predicted molar refractivity (Wildman–Crippen MR) is 134 cm³/mol. The van der Waals surface area contributed by atoms with Crippen LogP contribution in [0.1, 0.15) is 0 Å². The third-order valence-electron chi connectivity index (χ3n) is 6.06. The van der Waals surface area contributed by atoms with Gasteiger partial charge in [0.2, 0.25) is 0 Å². The third-order valence-corrected chi connectivity index (χ3v) is 6.35. The minimum atomic E-state index is -0.486. The molecular formula is C27H22ClFN2O4. The normalized spacial score (nSPS) is 13.8. The Kier molecular flexibility index (Phi) is 6.42. The van der Waals surface area contributed by atoms with Crippen LogP contribution in [0, 0.1) is 5.82 Å². The van der Waals surface area contributed by atoms with E-state index in [0.717, 1.165) is 11.3 Å². The van der Waals surface area contributed by atoms with Crippen LogP contribution in [0.15, 0.2) is 82.0 Å². The van der Waals surface area contributed by atoms with Crippen LogP contribution in [0.5, 0.6) is 5.75 Å². The highest BCUT2D eigenvalue weighted by molar-refractivity contribution is 6.33. The highest BCUT2D eigenvalue weighted by atomic mass is 35.5. The molecule has 3 aromatic carbocycles. The van der Waals surface area contributed by atoms with Crippen LogP contribution in [-0.2, 0) is 4.79 Å². The smallest absolute Gasteiger partial charge is 0.336 e. The summed E-state index contributed by atoms with van der Waals surface area (Å²) in [6, 6.07) is 20.5. The molecule has 1 fully saturated rings. The highest BCUT2D eigenvalue weighted by Gasteiger charge is 2.22. The van der Waals surface area contributed by atoms with Crippen molar-refractivity contribution in [2.45, 2.75) is 0 Å². The number of carbonyl (C=O) groups excluding carboxylic acids is 1. The van der Waals surface area contributed by atoms with Gasteiger partial charge in [0.15, 0.2) is 6.61 Å². The zero-order valence-corrected chi connectivity index (χ0v) is 19.5. The third kappa shape index (κ3) is 5.00. The number of benzene rings is 3. The minimum Gasteiger partial charge on any atom is -0.482 e. The van der Waals surface area contributed by atoms with Crippen LogP contribution in [0.3, 0.4) is 0 Å². The van der Waals surface area contributed by atoms with Gasteiger partial charge < -0.3 is 19.0 Å². The molecule has 0 N–H and O–H groups in total. The molecule has 35 heavy (non-hydrogen) atoms.